The van der Waals surface area contributed by atoms with Crippen LogP contribution in [0.25, 0.3) is 0 Å². The summed E-state index contributed by atoms with van der Waals surface area (Å²) >= 11 is 0. The molecule has 0 aromatic heterocycles. The molecule has 2 rings (SSSR count). The highest BCUT2D eigenvalue weighted by molar-refractivity contribution is 5.08. The van der Waals surface area contributed by atoms with Crippen molar-refractivity contribution in [3.63, 3.8) is 0 Å². The molecule has 0 radical (unpaired) electrons. The van der Waals surface area contributed by atoms with E-state index in [9.17, 15) is 5.11 Å². The number of rotatable bonds is 0. The molecule has 14 heavy (non-hydrogen) atoms. The largest absolute Gasteiger partial charge is 0.389 e. The Hall–Kier alpha value is -0.340. The van der Waals surface area contributed by atoms with Crippen LogP contribution in [0, 0.1) is 0 Å². The fraction of sp³-hybridized carbons (Fsp3) is 0.833. The van der Waals surface area contributed by atoms with E-state index in [-0.39, 0.29) is 11.7 Å². The number of hydrogen-bond acceptors (Lipinski definition) is 2. The Balaban J connectivity index is 1.99. The van der Waals surface area contributed by atoms with E-state index < -0.39 is 0 Å². The topological polar surface area (TPSA) is 32.8 Å². The summed E-state index contributed by atoms with van der Waals surface area (Å²) in [7, 11) is 0. The average molecular weight is 196 g/mol. The molecule has 0 bridgehead atoms. The Morgan fingerprint density at radius 1 is 1.50 bits per heavy atom. The zero-order valence-electron chi connectivity index (χ0n) is 9.12. The van der Waals surface area contributed by atoms with Gasteiger partial charge in [-0.05, 0) is 51.5 Å². The first-order valence-electron chi connectivity index (χ1n) is 5.64. The van der Waals surface area contributed by atoms with Crippen molar-refractivity contribution in [3.8, 4) is 0 Å². The second-order valence-electron chi connectivity index (χ2n) is 4.85. The fourth-order valence-corrected chi connectivity index (χ4v) is 2.32. The number of epoxide rings is 1. The van der Waals surface area contributed by atoms with Gasteiger partial charge >= 0.3 is 0 Å². The van der Waals surface area contributed by atoms with Crippen molar-refractivity contribution in [3.05, 3.63) is 11.6 Å². The molecule has 0 unspecified atom stereocenters. The molecule has 0 spiro atoms. The molecular formula is C12H20O2. The third kappa shape index (κ3) is 2.01. The predicted octanol–water partition coefficient (Wildman–Crippen LogP) is 2.42. The van der Waals surface area contributed by atoms with Crippen molar-refractivity contribution in [2.24, 2.45) is 0 Å². The predicted molar refractivity (Wildman–Crippen MR) is 56.1 cm³/mol. The standard InChI is InChI=1S/C12H20O2/c1-9-5-4-8-12(2)11(14-12)7-3-6-10(9)13/h5,10-11,13H,3-4,6-8H2,1-2H3/b9-5-/t10-,11-,12-/m0/s1. The number of fused-ring (bicyclic) bond motifs is 1. The molecule has 1 aliphatic carbocycles. The van der Waals surface area contributed by atoms with Gasteiger partial charge in [-0.15, -0.1) is 0 Å². The highest BCUT2D eigenvalue weighted by Gasteiger charge is 2.50. The quantitative estimate of drug-likeness (QED) is 0.476. The summed E-state index contributed by atoms with van der Waals surface area (Å²) in [6.07, 6.45) is 7.61. The van der Waals surface area contributed by atoms with E-state index in [1.165, 1.54) is 0 Å². The van der Waals surface area contributed by atoms with Gasteiger partial charge in [-0.2, -0.15) is 0 Å². The smallest absolute Gasteiger partial charge is 0.0923 e. The van der Waals surface area contributed by atoms with Gasteiger partial charge < -0.3 is 9.84 Å². The van der Waals surface area contributed by atoms with Crippen LogP contribution >= 0.6 is 0 Å². The van der Waals surface area contributed by atoms with Crippen LogP contribution in [0.5, 0.6) is 0 Å². The summed E-state index contributed by atoms with van der Waals surface area (Å²) in [6, 6.07) is 0. The molecule has 3 atom stereocenters. The maximum atomic E-state index is 9.75. The number of aliphatic hydroxyl groups is 1. The lowest BCUT2D eigenvalue weighted by Gasteiger charge is -2.13. The number of aliphatic hydroxyl groups excluding tert-OH is 1. The van der Waals surface area contributed by atoms with Gasteiger partial charge in [-0.3, -0.25) is 0 Å². The minimum Gasteiger partial charge on any atom is -0.389 e. The third-order valence-electron chi connectivity index (χ3n) is 3.61. The first-order chi connectivity index (χ1) is 6.62. The van der Waals surface area contributed by atoms with Crippen LogP contribution < -0.4 is 0 Å². The molecule has 1 saturated heterocycles. The maximum absolute atomic E-state index is 9.75. The summed E-state index contributed by atoms with van der Waals surface area (Å²) in [5.41, 5.74) is 1.28. The normalized spacial score (nSPS) is 47.5. The van der Waals surface area contributed by atoms with Gasteiger partial charge in [-0.1, -0.05) is 6.08 Å². The van der Waals surface area contributed by atoms with E-state index in [0.29, 0.717) is 6.10 Å². The molecule has 0 amide bonds. The molecule has 1 N–H and O–H groups in total. The summed E-state index contributed by atoms with van der Waals surface area (Å²) in [5, 5.41) is 9.75. The van der Waals surface area contributed by atoms with Crippen molar-refractivity contribution < 1.29 is 9.84 Å². The number of hydrogen-bond donors (Lipinski definition) is 1. The summed E-state index contributed by atoms with van der Waals surface area (Å²) in [6.45, 7) is 4.23. The Kier molecular flexibility index (Phi) is 2.67. The molecule has 80 valence electrons. The number of ether oxygens (including phenoxy) is 1. The minimum atomic E-state index is -0.224. The van der Waals surface area contributed by atoms with Gasteiger partial charge in [0.2, 0.25) is 0 Å². The van der Waals surface area contributed by atoms with E-state index in [1.54, 1.807) is 0 Å². The van der Waals surface area contributed by atoms with E-state index in [4.69, 9.17) is 4.74 Å². The van der Waals surface area contributed by atoms with Gasteiger partial charge in [0.25, 0.3) is 0 Å². The third-order valence-corrected chi connectivity index (χ3v) is 3.61. The first kappa shape index (κ1) is 10.2. The van der Waals surface area contributed by atoms with Gasteiger partial charge in [-0.25, -0.2) is 0 Å². The molecule has 1 heterocycles. The molecule has 2 nitrogen and oxygen atoms in total. The van der Waals surface area contributed by atoms with Crippen molar-refractivity contribution >= 4 is 0 Å². The number of allylic oxidation sites excluding steroid dienone is 1. The van der Waals surface area contributed by atoms with Crippen LogP contribution in [0.2, 0.25) is 0 Å². The fourth-order valence-electron chi connectivity index (χ4n) is 2.32. The highest BCUT2D eigenvalue weighted by Crippen LogP contribution is 2.43. The molecule has 0 aromatic rings. The van der Waals surface area contributed by atoms with E-state index in [2.05, 4.69) is 13.0 Å². The molecule has 2 heteroatoms. The van der Waals surface area contributed by atoms with Crippen LogP contribution in [0.1, 0.15) is 46.0 Å². The Morgan fingerprint density at radius 2 is 2.29 bits per heavy atom. The molecular weight excluding hydrogens is 176 g/mol. The van der Waals surface area contributed by atoms with Crippen LogP contribution in [0.15, 0.2) is 11.6 Å². The molecule has 2 aliphatic rings. The Morgan fingerprint density at radius 3 is 3.07 bits per heavy atom. The van der Waals surface area contributed by atoms with Crippen molar-refractivity contribution in [2.45, 2.75) is 63.8 Å². The lowest BCUT2D eigenvalue weighted by atomic mass is 9.93. The maximum Gasteiger partial charge on any atom is 0.0923 e. The summed E-state index contributed by atoms with van der Waals surface area (Å²) in [5.74, 6) is 0. The van der Waals surface area contributed by atoms with Gasteiger partial charge in [0.15, 0.2) is 0 Å². The second kappa shape index (κ2) is 3.67. The van der Waals surface area contributed by atoms with Crippen LogP contribution in [0.3, 0.4) is 0 Å². The zero-order valence-corrected chi connectivity index (χ0v) is 9.12. The van der Waals surface area contributed by atoms with Crippen LogP contribution in [0.4, 0.5) is 0 Å². The SMILES string of the molecule is C/C1=C/CC[C@]2(C)O[C@H]2CCC[C@@H]1O. The van der Waals surface area contributed by atoms with Gasteiger partial charge in [0.05, 0.1) is 17.8 Å². The van der Waals surface area contributed by atoms with E-state index in [0.717, 1.165) is 37.7 Å². The Labute approximate surface area is 86.0 Å². The molecule has 0 saturated carbocycles. The van der Waals surface area contributed by atoms with Gasteiger partial charge in [0, 0.05) is 0 Å². The molecule has 1 fully saturated rings. The van der Waals surface area contributed by atoms with E-state index in [1.807, 2.05) is 6.92 Å². The zero-order chi connectivity index (χ0) is 10.2. The highest BCUT2D eigenvalue weighted by atomic mass is 16.6. The van der Waals surface area contributed by atoms with Gasteiger partial charge in [0.1, 0.15) is 0 Å². The molecule has 0 aromatic carbocycles. The van der Waals surface area contributed by atoms with Crippen LogP contribution in [-0.4, -0.2) is 22.9 Å². The summed E-state index contributed by atoms with van der Waals surface area (Å²) < 4.78 is 5.70. The van der Waals surface area contributed by atoms with Crippen molar-refractivity contribution in [1.82, 2.24) is 0 Å². The van der Waals surface area contributed by atoms with Crippen LogP contribution in [-0.2, 0) is 4.74 Å². The average Bonchev–Trinajstić information content (AvgIpc) is 2.76. The van der Waals surface area contributed by atoms with E-state index >= 15 is 0 Å². The second-order valence-corrected chi connectivity index (χ2v) is 4.85. The Bertz CT molecular complexity index is 247. The van der Waals surface area contributed by atoms with Crippen molar-refractivity contribution in [1.29, 1.82) is 0 Å². The first-order valence-corrected chi connectivity index (χ1v) is 5.64. The monoisotopic (exact) mass is 196 g/mol. The lowest BCUT2D eigenvalue weighted by Crippen LogP contribution is -2.14. The summed E-state index contributed by atoms with van der Waals surface area (Å²) in [4.78, 5) is 0. The van der Waals surface area contributed by atoms with Crippen molar-refractivity contribution in [2.75, 3.05) is 0 Å². The lowest BCUT2D eigenvalue weighted by molar-refractivity contribution is 0.194. The molecule has 1 aliphatic heterocycles. The minimum absolute atomic E-state index is 0.152.